The Hall–Kier alpha value is -5.35. The van der Waals surface area contributed by atoms with Crippen molar-refractivity contribution in [3.05, 3.63) is 113 Å². The lowest BCUT2D eigenvalue weighted by Crippen LogP contribution is -2.23. The number of halogens is 1. The number of aromatic nitrogens is 3. The first-order valence-electron chi connectivity index (χ1n) is 16.3. The summed E-state index contributed by atoms with van der Waals surface area (Å²) in [6, 6.07) is 16.1. The number of fused-ring (bicyclic) bond motifs is 2. The van der Waals surface area contributed by atoms with Crippen molar-refractivity contribution in [2.75, 3.05) is 6.61 Å². The van der Waals surface area contributed by atoms with Crippen LogP contribution in [-0.2, 0) is 32.5 Å². The van der Waals surface area contributed by atoms with Crippen LogP contribution in [0.3, 0.4) is 0 Å². The molecule has 0 unspecified atom stereocenters. The number of carbonyl (C=O) groups excluding carboxylic acids is 1. The van der Waals surface area contributed by atoms with Gasteiger partial charge in [0.2, 0.25) is 5.83 Å². The quantitative estimate of drug-likeness (QED) is 0.0983. The van der Waals surface area contributed by atoms with E-state index in [1.54, 1.807) is 27.7 Å². The number of carbonyl (C=O) groups is 2. The normalized spacial score (nSPS) is 16.1. The molecule has 0 atom stereocenters. The minimum Gasteiger partial charge on any atom is -0.489 e. The number of rotatable bonds is 8. The maximum Gasteiger partial charge on any atom is 0.307 e. The number of aliphatic carboxylic acids is 1. The lowest BCUT2D eigenvalue weighted by molar-refractivity contribution is -0.136. The fraction of sp³-hybridized carbons (Fsp3) is 0.250. The number of ketones is 1. The molecular formula is C40H38FN3O5S. The van der Waals surface area contributed by atoms with Gasteiger partial charge in [-0.05, 0) is 81.1 Å². The number of aryl methyl sites for hydroxylation is 2. The maximum absolute atomic E-state index is 16.9. The summed E-state index contributed by atoms with van der Waals surface area (Å²) >= 11 is 1.38. The van der Waals surface area contributed by atoms with Crippen LogP contribution >= 0.6 is 11.3 Å². The molecule has 1 aliphatic rings. The van der Waals surface area contributed by atoms with E-state index in [1.807, 2.05) is 55.2 Å². The molecule has 0 radical (unpaired) electrons. The van der Waals surface area contributed by atoms with E-state index in [2.05, 4.69) is 29.9 Å². The fourth-order valence-corrected chi connectivity index (χ4v) is 7.32. The van der Waals surface area contributed by atoms with Crippen molar-refractivity contribution in [3.8, 4) is 21.7 Å². The molecule has 0 bridgehead atoms. The zero-order chi connectivity index (χ0) is 35.9. The van der Waals surface area contributed by atoms with E-state index in [9.17, 15) is 14.7 Å². The van der Waals surface area contributed by atoms with Gasteiger partial charge < -0.3 is 14.6 Å². The number of ether oxygens (including phenoxy) is 2. The molecule has 3 aromatic carbocycles. The Morgan fingerprint density at radius 2 is 1.90 bits per heavy atom. The predicted octanol–water partition coefficient (Wildman–Crippen LogP) is 9.28. The number of thiazole rings is 1. The highest BCUT2D eigenvalue weighted by molar-refractivity contribution is 7.22. The molecule has 2 aromatic heterocycles. The van der Waals surface area contributed by atoms with Crippen molar-refractivity contribution >= 4 is 49.8 Å². The van der Waals surface area contributed by atoms with E-state index < -0.39 is 17.4 Å². The van der Waals surface area contributed by atoms with Crippen LogP contribution in [0.5, 0.6) is 0 Å². The van der Waals surface area contributed by atoms with Crippen LogP contribution in [0.4, 0.5) is 4.39 Å². The third-order valence-corrected chi connectivity index (χ3v) is 9.60. The molecule has 1 aliphatic heterocycles. The maximum atomic E-state index is 16.9. The first-order valence-corrected chi connectivity index (χ1v) is 17.1. The molecule has 0 aliphatic carbocycles. The summed E-state index contributed by atoms with van der Waals surface area (Å²) in [4.78, 5) is 30.0. The number of Topliss-reactive ketones (excluding diaryl/α,β-unsaturated/α-hetero) is 1. The molecule has 3 heterocycles. The van der Waals surface area contributed by atoms with Gasteiger partial charge in [0, 0.05) is 35.6 Å². The monoisotopic (exact) mass is 691 g/mol. The minimum absolute atomic E-state index is 0.0253. The Labute approximate surface area is 293 Å². The predicted molar refractivity (Wildman–Crippen MR) is 196 cm³/mol. The SMILES string of the molecule is C=CC(=C(OC(C)(C)C)C(F)=C1OCCC(=O)C1=CC)c1c(CC(=O)O)c(C)cc2nc(-c3cccc(-c4ccc5c(cnn5C)c4)c3)sc12. The molecule has 1 N–H and O–H groups in total. The lowest BCUT2D eigenvalue weighted by atomic mass is 9.91. The number of carboxylic acids is 1. The van der Waals surface area contributed by atoms with E-state index in [4.69, 9.17) is 14.5 Å². The second-order valence-electron chi connectivity index (χ2n) is 13.1. The van der Waals surface area contributed by atoms with E-state index in [0.717, 1.165) is 27.6 Å². The molecule has 0 saturated carbocycles. The molecule has 10 heteroatoms. The molecule has 1 fully saturated rings. The van der Waals surface area contributed by atoms with E-state index >= 15 is 4.39 Å². The number of hydrogen-bond donors (Lipinski definition) is 1. The second-order valence-corrected chi connectivity index (χ2v) is 14.1. The summed E-state index contributed by atoms with van der Waals surface area (Å²) < 4.78 is 31.4. The van der Waals surface area contributed by atoms with Crippen LogP contribution < -0.4 is 0 Å². The average molecular weight is 692 g/mol. The van der Waals surface area contributed by atoms with Gasteiger partial charge in [-0.3, -0.25) is 14.3 Å². The molecule has 6 rings (SSSR count). The number of hydrogen-bond acceptors (Lipinski definition) is 7. The Kier molecular flexibility index (Phi) is 9.33. The van der Waals surface area contributed by atoms with Crippen molar-refractivity contribution in [2.45, 2.75) is 53.1 Å². The Morgan fingerprint density at radius 1 is 1.16 bits per heavy atom. The van der Waals surface area contributed by atoms with Crippen LogP contribution in [-0.4, -0.2) is 43.8 Å². The van der Waals surface area contributed by atoms with Crippen LogP contribution in [0.2, 0.25) is 0 Å². The van der Waals surface area contributed by atoms with Crippen LogP contribution in [0.1, 0.15) is 50.8 Å². The van der Waals surface area contributed by atoms with Gasteiger partial charge in [0.15, 0.2) is 17.3 Å². The summed E-state index contributed by atoms with van der Waals surface area (Å²) in [5.41, 5.74) is 5.63. The largest absolute Gasteiger partial charge is 0.489 e. The highest BCUT2D eigenvalue weighted by Gasteiger charge is 2.32. The lowest BCUT2D eigenvalue weighted by Gasteiger charge is -2.27. The number of carboxylic acid groups (broad SMARTS) is 1. The van der Waals surface area contributed by atoms with Gasteiger partial charge in [0.1, 0.15) is 10.6 Å². The number of allylic oxidation sites excluding steroid dienone is 5. The van der Waals surface area contributed by atoms with Crippen molar-refractivity contribution in [1.29, 1.82) is 0 Å². The van der Waals surface area contributed by atoms with Crippen LogP contribution in [0.15, 0.2) is 96.4 Å². The zero-order valence-electron chi connectivity index (χ0n) is 28.9. The second kappa shape index (κ2) is 13.5. The van der Waals surface area contributed by atoms with Gasteiger partial charge in [-0.2, -0.15) is 9.49 Å². The molecule has 256 valence electrons. The third-order valence-electron chi connectivity index (χ3n) is 8.46. The highest BCUT2D eigenvalue weighted by atomic mass is 32.1. The van der Waals surface area contributed by atoms with Gasteiger partial charge in [0.05, 0.1) is 40.5 Å². The summed E-state index contributed by atoms with van der Waals surface area (Å²) in [6.07, 6.45) is 4.64. The topological polar surface area (TPSA) is 104 Å². The third kappa shape index (κ3) is 6.63. The molecular weight excluding hydrogens is 654 g/mol. The van der Waals surface area contributed by atoms with E-state index in [0.29, 0.717) is 31.9 Å². The van der Waals surface area contributed by atoms with Gasteiger partial charge in [0.25, 0.3) is 0 Å². The highest BCUT2D eigenvalue weighted by Crippen LogP contribution is 2.43. The van der Waals surface area contributed by atoms with Gasteiger partial charge in [-0.1, -0.05) is 43.0 Å². The fourth-order valence-electron chi connectivity index (χ4n) is 6.19. The molecule has 0 amide bonds. The molecule has 1 saturated heterocycles. The Morgan fingerprint density at radius 3 is 2.60 bits per heavy atom. The first kappa shape index (κ1) is 34.5. The Balaban J connectivity index is 1.60. The van der Waals surface area contributed by atoms with Gasteiger partial charge >= 0.3 is 5.97 Å². The standard InChI is InChI=1S/C40H38FN3O5S/c1-8-27-32(45)15-16-48-36(27)35(41)37(49-40(4,5)6)28(9-2)34-29(20-33(46)47)22(3)17-30-38(34)50-39(43-30)25-12-10-11-23(18-25)24-13-14-31-26(19-24)21-42-44(31)7/h8-14,17-19,21H,2,15-16,20H2,1,3-7H3,(H,46,47). The molecule has 50 heavy (non-hydrogen) atoms. The van der Waals surface area contributed by atoms with Gasteiger partial charge in [-0.25, -0.2) is 4.98 Å². The van der Waals surface area contributed by atoms with Crippen molar-refractivity contribution in [3.63, 3.8) is 0 Å². The summed E-state index contributed by atoms with van der Waals surface area (Å²) in [7, 11) is 1.91. The van der Waals surface area contributed by atoms with E-state index in [1.165, 1.54) is 23.5 Å². The number of benzene rings is 3. The Bertz CT molecular complexity index is 2300. The number of nitrogens with zero attached hydrogens (tertiary/aromatic N) is 3. The van der Waals surface area contributed by atoms with Gasteiger partial charge in [-0.15, -0.1) is 11.3 Å². The van der Waals surface area contributed by atoms with Crippen LogP contribution in [0.25, 0.3) is 48.4 Å². The zero-order valence-corrected chi connectivity index (χ0v) is 29.7. The summed E-state index contributed by atoms with van der Waals surface area (Å²) in [5, 5.41) is 16.1. The minimum atomic E-state index is -1.05. The molecule has 5 aromatic rings. The summed E-state index contributed by atoms with van der Waals surface area (Å²) in [5.74, 6) is -2.56. The molecule has 8 nitrogen and oxygen atoms in total. The van der Waals surface area contributed by atoms with Crippen LogP contribution in [0, 0.1) is 6.92 Å². The van der Waals surface area contributed by atoms with Crippen molar-refractivity contribution in [2.24, 2.45) is 7.05 Å². The van der Waals surface area contributed by atoms with Crippen molar-refractivity contribution in [1.82, 2.24) is 14.8 Å². The molecule has 0 spiro atoms. The first-order chi connectivity index (χ1) is 23.8. The summed E-state index contributed by atoms with van der Waals surface area (Å²) in [6.45, 7) is 12.9. The van der Waals surface area contributed by atoms with E-state index in [-0.39, 0.29) is 47.9 Å². The van der Waals surface area contributed by atoms with Crippen molar-refractivity contribution < 1.29 is 28.6 Å². The smallest absolute Gasteiger partial charge is 0.307 e. The average Bonchev–Trinajstić information content (AvgIpc) is 3.67.